The van der Waals surface area contributed by atoms with Gasteiger partial charge >= 0.3 is 6.18 Å². The zero-order valence-electron chi connectivity index (χ0n) is 11.1. The van der Waals surface area contributed by atoms with Gasteiger partial charge in [0.25, 0.3) is 0 Å². The highest BCUT2D eigenvalue weighted by atomic mass is 19.4. The van der Waals surface area contributed by atoms with Crippen LogP contribution in [-0.2, 0) is 0 Å². The van der Waals surface area contributed by atoms with Crippen LogP contribution in [0.4, 0.5) is 13.2 Å². The normalized spacial score (nSPS) is 24.3. The average Bonchev–Trinajstić information content (AvgIpc) is 2.26. The van der Waals surface area contributed by atoms with E-state index < -0.39 is 12.1 Å². The summed E-state index contributed by atoms with van der Waals surface area (Å²) in [5.41, 5.74) is 1.72. The Labute approximate surface area is 111 Å². The third-order valence-corrected chi connectivity index (χ3v) is 3.49. The third-order valence-electron chi connectivity index (χ3n) is 3.49. The minimum absolute atomic E-state index is 0.111. The Balaban J connectivity index is 1.92. The van der Waals surface area contributed by atoms with Gasteiger partial charge in [0.1, 0.15) is 5.75 Å². The minimum Gasteiger partial charge on any atom is -0.490 e. The van der Waals surface area contributed by atoms with E-state index in [4.69, 9.17) is 4.74 Å². The van der Waals surface area contributed by atoms with Crippen molar-refractivity contribution in [1.82, 2.24) is 4.98 Å². The van der Waals surface area contributed by atoms with Crippen LogP contribution < -0.4 is 4.74 Å². The molecular weight excluding hydrogens is 255 g/mol. The minimum atomic E-state index is -4.06. The summed E-state index contributed by atoms with van der Waals surface area (Å²) in [6, 6.07) is 3.64. The summed E-state index contributed by atoms with van der Waals surface area (Å²) in [5.74, 6) is -0.450. The van der Waals surface area contributed by atoms with Crippen LogP contribution in [0.3, 0.4) is 0 Å². The van der Waals surface area contributed by atoms with E-state index in [2.05, 4.69) is 4.98 Å². The number of hydrogen-bond acceptors (Lipinski definition) is 2. The van der Waals surface area contributed by atoms with Crippen molar-refractivity contribution in [2.75, 3.05) is 0 Å². The Morgan fingerprint density at radius 2 is 1.58 bits per heavy atom. The van der Waals surface area contributed by atoms with Crippen molar-refractivity contribution in [1.29, 1.82) is 0 Å². The number of hydrogen-bond donors (Lipinski definition) is 0. The van der Waals surface area contributed by atoms with Crippen LogP contribution in [0.1, 0.15) is 37.1 Å². The molecule has 0 bridgehead atoms. The van der Waals surface area contributed by atoms with Gasteiger partial charge in [-0.3, -0.25) is 4.98 Å². The summed E-state index contributed by atoms with van der Waals surface area (Å²) < 4.78 is 43.4. The van der Waals surface area contributed by atoms with Crippen molar-refractivity contribution in [2.45, 2.75) is 51.8 Å². The maximum atomic E-state index is 12.6. The Morgan fingerprint density at radius 1 is 1.05 bits per heavy atom. The molecule has 1 aromatic rings. The van der Waals surface area contributed by atoms with Crippen LogP contribution in [0.5, 0.6) is 5.75 Å². The molecule has 1 saturated carbocycles. The average molecular weight is 273 g/mol. The zero-order valence-corrected chi connectivity index (χ0v) is 11.1. The van der Waals surface area contributed by atoms with E-state index in [1.54, 1.807) is 0 Å². The second-order valence-electron chi connectivity index (χ2n) is 5.22. The molecule has 0 atom stereocenters. The summed E-state index contributed by atoms with van der Waals surface area (Å²) in [6.45, 7) is 3.75. The second-order valence-corrected chi connectivity index (χ2v) is 5.22. The number of aryl methyl sites for hydroxylation is 2. The molecule has 0 radical (unpaired) electrons. The molecule has 19 heavy (non-hydrogen) atoms. The van der Waals surface area contributed by atoms with Crippen molar-refractivity contribution in [3.63, 3.8) is 0 Å². The van der Waals surface area contributed by atoms with E-state index in [1.165, 1.54) is 0 Å². The Bertz CT molecular complexity index is 417. The summed E-state index contributed by atoms with van der Waals surface area (Å²) in [5, 5.41) is 0. The number of ether oxygens (including phenoxy) is 1. The lowest BCUT2D eigenvalue weighted by Crippen LogP contribution is -2.31. The first-order valence-electron chi connectivity index (χ1n) is 6.53. The van der Waals surface area contributed by atoms with Crippen LogP contribution >= 0.6 is 0 Å². The molecule has 1 aromatic heterocycles. The highest BCUT2D eigenvalue weighted by Crippen LogP contribution is 2.38. The van der Waals surface area contributed by atoms with Gasteiger partial charge in [0.2, 0.25) is 0 Å². The standard InChI is InChI=1S/C14H18F3NO/c1-9-7-13(8-10(2)18-9)19-12-5-3-11(4-6-12)14(15,16)17/h7-8,11-12H,3-6H2,1-2H3. The summed E-state index contributed by atoms with van der Waals surface area (Å²) >= 11 is 0. The summed E-state index contributed by atoms with van der Waals surface area (Å²) in [7, 11) is 0. The lowest BCUT2D eigenvalue weighted by atomic mass is 9.87. The first kappa shape index (κ1) is 14.2. The summed E-state index contributed by atoms with van der Waals surface area (Å²) in [6.07, 6.45) is -2.92. The predicted octanol–water partition coefficient (Wildman–Crippen LogP) is 4.20. The number of nitrogens with zero attached hydrogens (tertiary/aromatic N) is 1. The molecule has 106 valence electrons. The van der Waals surface area contributed by atoms with Crippen molar-refractivity contribution >= 4 is 0 Å². The molecule has 2 rings (SSSR count). The lowest BCUT2D eigenvalue weighted by Gasteiger charge is -2.30. The molecule has 1 heterocycles. The maximum Gasteiger partial charge on any atom is 0.391 e. The van der Waals surface area contributed by atoms with E-state index in [0.29, 0.717) is 18.6 Å². The maximum absolute atomic E-state index is 12.6. The van der Waals surface area contributed by atoms with Gasteiger partial charge in [-0.05, 0) is 39.5 Å². The van der Waals surface area contributed by atoms with Gasteiger partial charge in [0.05, 0.1) is 12.0 Å². The van der Waals surface area contributed by atoms with Crippen LogP contribution in [0.15, 0.2) is 12.1 Å². The monoisotopic (exact) mass is 273 g/mol. The number of halogens is 3. The number of rotatable bonds is 2. The fraction of sp³-hybridized carbons (Fsp3) is 0.643. The van der Waals surface area contributed by atoms with E-state index >= 15 is 0 Å². The number of pyridine rings is 1. The quantitative estimate of drug-likeness (QED) is 0.805. The van der Waals surface area contributed by atoms with Crippen LogP contribution in [0.2, 0.25) is 0 Å². The van der Waals surface area contributed by atoms with Crippen molar-refractivity contribution in [3.8, 4) is 5.75 Å². The molecule has 0 saturated heterocycles. The van der Waals surface area contributed by atoms with E-state index in [9.17, 15) is 13.2 Å². The van der Waals surface area contributed by atoms with Crippen molar-refractivity contribution in [2.24, 2.45) is 5.92 Å². The molecule has 0 unspecified atom stereocenters. The van der Waals surface area contributed by atoms with Crippen molar-refractivity contribution < 1.29 is 17.9 Å². The van der Waals surface area contributed by atoms with Crippen LogP contribution in [0, 0.1) is 19.8 Å². The third kappa shape index (κ3) is 3.85. The molecule has 2 nitrogen and oxygen atoms in total. The van der Waals surface area contributed by atoms with E-state index in [-0.39, 0.29) is 18.9 Å². The fourth-order valence-corrected chi connectivity index (χ4v) is 2.56. The largest absolute Gasteiger partial charge is 0.490 e. The van der Waals surface area contributed by atoms with Gasteiger partial charge in [-0.25, -0.2) is 0 Å². The first-order chi connectivity index (χ1) is 8.84. The Hall–Kier alpha value is -1.26. The molecule has 0 spiro atoms. The zero-order chi connectivity index (χ0) is 14.0. The topological polar surface area (TPSA) is 22.1 Å². The molecule has 0 amide bonds. The Kier molecular flexibility index (Phi) is 4.02. The fourth-order valence-electron chi connectivity index (χ4n) is 2.56. The summed E-state index contributed by atoms with van der Waals surface area (Å²) in [4.78, 5) is 4.24. The SMILES string of the molecule is Cc1cc(OC2CCC(C(F)(F)F)CC2)cc(C)n1. The van der Waals surface area contributed by atoms with Gasteiger partial charge < -0.3 is 4.74 Å². The molecular formula is C14H18F3NO. The van der Waals surface area contributed by atoms with Gasteiger partial charge in [-0.1, -0.05) is 0 Å². The number of aromatic nitrogens is 1. The first-order valence-corrected chi connectivity index (χ1v) is 6.53. The van der Waals surface area contributed by atoms with E-state index in [0.717, 1.165) is 11.4 Å². The Morgan fingerprint density at radius 3 is 2.05 bits per heavy atom. The molecule has 1 aliphatic carbocycles. The van der Waals surface area contributed by atoms with Gasteiger partial charge in [-0.2, -0.15) is 13.2 Å². The highest BCUT2D eigenvalue weighted by molar-refractivity contribution is 5.26. The smallest absolute Gasteiger partial charge is 0.391 e. The van der Waals surface area contributed by atoms with Crippen LogP contribution in [-0.4, -0.2) is 17.3 Å². The molecule has 0 aliphatic heterocycles. The highest BCUT2D eigenvalue weighted by Gasteiger charge is 2.41. The lowest BCUT2D eigenvalue weighted by molar-refractivity contribution is -0.185. The molecule has 0 aromatic carbocycles. The molecule has 1 fully saturated rings. The molecule has 5 heteroatoms. The number of alkyl halides is 3. The van der Waals surface area contributed by atoms with Gasteiger partial charge in [0, 0.05) is 23.5 Å². The van der Waals surface area contributed by atoms with Gasteiger partial charge in [0.15, 0.2) is 0 Å². The van der Waals surface area contributed by atoms with Gasteiger partial charge in [-0.15, -0.1) is 0 Å². The molecule has 1 aliphatic rings. The van der Waals surface area contributed by atoms with E-state index in [1.807, 2.05) is 26.0 Å². The predicted molar refractivity (Wildman–Crippen MR) is 66.1 cm³/mol. The van der Waals surface area contributed by atoms with Crippen LogP contribution in [0.25, 0.3) is 0 Å². The second kappa shape index (κ2) is 5.39. The molecule has 0 N–H and O–H groups in total. The van der Waals surface area contributed by atoms with Crippen molar-refractivity contribution in [3.05, 3.63) is 23.5 Å².